The molecule has 1 aromatic rings. The summed E-state index contributed by atoms with van der Waals surface area (Å²) in [6.07, 6.45) is 3.16. The summed E-state index contributed by atoms with van der Waals surface area (Å²) in [6, 6.07) is 3.77. The molecule has 2 N–H and O–H groups in total. The van der Waals surface area contributed by atoms with Gasteiger partial charge in [0.2, 0.25) is 11.8 Å². The van der Waals surface area contributed by atoms with Crippen LogP contribution in [0.3, 0.4) is 0 Å². The minimum Gasteiger partial charge on any atom is -0.368 e. The largest absolute Gasteiger partial charge is 0.368 e. The molecule has 0 aliphatic carbocycles. The number of hydrogen-bond acceptors (Lipinski definition) is 5. The normalized spacial score (nSPS) is 18.6. The van der Waals surface area contributed by atoms with Crippen molar-refractivity contribution in [3.63, 3.8) is 0 Å². The molecule has 0 radical (unpaired) electrons. The van der Waals surface area contributed by atoms with E-state index in [9.17, 15) is 9.59 Å². The molecule has 7 heteroatoms. The predicted molar refractivity (Wildman–Crippen MR) is 83.8 cm³/mol. The molecule has 3 rings (SSSR count). The molecule has 2 amide bonds. The van der Waals surface area contributed by atoms with Crippen molar-refractivity contribution < 1.29 is 9.59 Å². The number of hydrogen-bond donors (Lipinski definition) is 2. The van der Waals surface area contributed by atoms with Crippen LogP contribution in [-0.2, 0) is 9.59 Å². The van der Waals surface area contributed by atoms with Gasteiger partial charge in [0.1, 0.15) is 5.82 Å². The van der Waals surface area contributed by atoms with Crippen LogP contribution in [0.5, 0.6) is 0 Å². The van der Waals surface area contributed by atoms with Crippen LogP contribution in [0.15, 0.2) is 18.3 Å². The number of nitrogens with zero attached hydrogens (tertiary/aromatic N) is 3. The van der Waals surface area contributed by atoms with Gasteiger partial charge in [0, 0.05) is 39.1 Å². The molecule has 2 fully saturated rings. The second-order valence-electron chi connectivity index (χ2n) is 5.61. The standard InChI is InChI=1S/C15H21N5O2/c21-14(11-20-7-1-2-15(20)22)18-13-4-3-12(10-17-13)19-8-5-16-6-9-19/h3-4,10,16H,1-2,5-9,11H2,(H,17,18,21). The van der Waals surface area contributed by atoms with Crippen LogP contribution in [0.25, 0.3) is 0 Å². The first-order chi connectivity index (χ1) is 10.7. The molecule has 7 nitrogen and oxygen atoms in total. The average molecular weight is 303 g/mol. The van der Waals surface area contributed by atoms with E-state index in [0.717, 1.165) is 38.3 Å². The first-order valence-electron chi connectivity index (χ1n) is 7.72. The van der Waals surface area contributed by atoms with Crippen LogP contribution in [0.4, 0.5) is 11.5 Å². The topological polar surface area (TPSA) is 77.6 Å². The van der Waals surface area contributed by atoms with E-state index in [0.29, 0.717) is 18.8 Å². The lowest BCUT2D eigenvalue weighted by Gasteiger charge is -2.29. The molecule has 2 saturated heterocycles. The molecular weight excluding hydrogens is 282 g/mol. The van der Waals surface area contributed by atoms with Gasteiger partial charge in [-0.25, -0.2) is 4.98 Å². The van der Waals surface area contributed by atoms with Crippen LogP contribution in [0, 0.1) is 0 Å². The van der Waals surface area contributed by atoms with Gasteiger partial charge in [-0.3, -0.25) is 9.59 Å². The molecule has 22 heavy (non-hydrogen) atoms. The highest BCUT2D eigenvalue weighted by atomic mass is 16.2. The highest BCUT2D eigenvalue weighted by Crippen LogP contribution is 2.16. The molecule has 1 aromatic heterocycles. The maximum Gasteiger partial charge on any atom is 0.245 e. The average Bonchev–Trinajstić information content (AvgIpc) is 2.94. The zero-order chi connectivity index (χ0) is 15.4. The summed E-state index contributed by atoms with van der Waals surface area (Å²) >= 11 is 0. The summed E-state index contributed by atoms with van der Waals surface area (Å²) in [4.78, 5) is 31.6. The van der Waals surface area contributed by atoms with Gasteiger partial charge in [0.25, 0.3) is 0 Å². The molecule has 2 aliphatic rings. The number of aromatic nitrogens is 1. The predicted octanol–water partition coefficient (Wildman–Crippen LogP) is 0.0521. The Morgan fingerprint density at radius 3 is 2.73 bits per heavy atom. The van der Waals surface area contributed by atoms with Crippen molar-refractivity contribution >= 4 is 23.3 Å². The van der Waals surface area contributed by atoms with Gasteiger partial charge in [0.15, 0.2) is 0 Å². The van der Waals surface area contributed by atoms with Gasteiger partial charge < -0.3 is 20.4 Å². The number of carbonyl (C=O) groups excluding carboxylic acids is 2. The molecule has 0 unspecified atom stereocenters. The maximum atomic E-state index is 11.9. The number of piperazine rings is 1. The Kier molecular flexibility index (Phi) is 4.53. The molecular formula is C15H21N5O2. The summed E-state index contributed by atoms with van der Waals surface area (Å²) in [5.74, 6) is 0.380. The fourth-order valence-corrected chi connectivity index (χ4v) is 2.80. The van der Waals surface area contributed by atoms with Crippen molar-refractivity contribution in [2.24, 2.45) is 0 Å². The van der Waals surface area contributed by atoms with Crippen LogP contribution >= 0.6 is 0 Å². The Balaban J connectivity index is 1.54. The highest BCUT2D eigenvalue weighted by Gasteiger charge is 2.22. The molecule has 2 aliphatic heterocycles. The van der Waals surface area contributed by atoms with E-state index in [1.807, 2.05) is 6.07 Å². The fourth-order valence-electron chi connectivity index (χ4n) is 2.80. The summed E-state index contributed by atoms with van der Waals surface area (Å²) in [6.45, 7) is 4.65. The van der Waals surface area contributed by atoms with Gasteiger partial charge in [-0.2, -0.15) is 0 Å². The number of rotatable bonds is 4. The van der Waals surface area contributed by atoms with E-state index in [4.69, 9.17) is 0 Å². The first-order valence-corrected chi connectivity index (χ1v) is 7.72. The second kappa shape index (κ2) is 6.74. The van der Waals surface area contributed by atoms with E-state index in [1.165, 1.54) is 0 Å². The molecule has 0 atom stereocenters. The third-order valence-corrected chi connectivity index (χ3v) is 4.00. The smallest absolute Gasteiger partial charge is 0.245 e. The van der Waals surface area contributed by atoms with E-state index in [1.54, 1.807) is 17.2 Å². The number of anilines is 2. The van der Waals surface area contributed by atoms with Crippen LogP contribution in [0.1, 0.15) is 12.8 Å². The van der Waals surface area contributed by atoms with Crippen molar-refractivity contribution in [3.8, 4) is 0 Å². The maximum absolute atomic E-state index is 11.9. The first kappa shape index (κ1) is 14.8. The molecule has 0 spiro atoms. The van der Waals surface area contributed by atoms with E-state index >= 15 is 0 Å². The fraction of sp³-hybridized carbons (Fsp3) is 0.533. The molecule has 0 saturated carbocycles. The molecule has 0 aromatic carbocycles. The van der Waals surface area contributed by atoms with Gasteiger partial charge in [-0.1, -0.05) is 0 Å². The molecule has 3 heterocycles. The third kappa shape index (κ3) is 3.54. The number of likely N-dealkylation sites (tertiary alicyclic amines) is 1. The Morgan fingerprint density at radius 2 is 2.09 bits per heavy atom. The third-order valence-electron chi connectivity index (χ3n) is 4.00. The lowest BCUT2D eigenvalue weighted by Crippen LogP contribution is -2.43. The Hall–Kier alpha value is -2.15. The van der Waals surface area contributed by atoms with Gasteiger partial charge in [-0.15, -0.1) is 0 Å². The minimum atomic E-state index is -0.197. The van der Waals surface area contributed by atoms with Crippen molar-refractivity contribution in [2.75, 3.05) is 49.5 Å². The SMILES string of the molecule is O=C(CN1CCCC1=O)Nc1ccc(N2CCNCC2)cn1. The summed E-state index contributed by atoms with van der Waals surface area (Å²) < 4.78 is 0. The highest BCUT2D eigenvalue weighted by molar-refractivity contribution is 5.94. The minimum absolute atomic E-state index is 0.0529. The van der Waals surface area contributed by atoms with Crippen molar-refractivity contribution in [1.82, 2.24) is 15.2 Å². The van der Waals surface area contributed by atoms with Crippen LogP contribution < -0.4 is 15.5 Å². The summed E-state index contributed by atoms with van der Waals surface area (Å²) in [5.41, 5.74) is 1.06. The van der Waals surface area contributed by atoms with Gasteiger partial charge >= 0.3 is 0 Å². The number of pyridine rings is 1. The van der Waals surface area contributed by atoms with Crippen molar-refractivity contribution in [3.05, 3.63) is 18.3 Å². The molecule has 118 valence electrons. The Labute approximate surface area is 129 Å². The van der Waals surface area contributed by atoms with E-state index in [-0.39, 0.29) is 18.4 Å². The Bertz CT molecular complexity index is 539. The molecule has 0 bridgehead atoms. The summed E-state index contributed by atoms with van der Waals surface area (Å²) in [7, 11) is 0. The van der Waals surface area contributed by atoms with Crippen molar-refractivity contribution in [1.29, 1.82) is 0 Å². The number of nitrogens with one attached hydrogen (secondary N) is 2. The monoisotopic (exact) mass is 303 g/mol. The second-order valence-corrected chi connectivity index (χ2v) is 5.61. The number of carbonyl (C=O) groups is 2. The van der Waals surface area contributed by atoms with E-state index < -0.39 is 0 Å². The zero-order valence-electron chi connectivity index (χ0n) is 12.5. The van der Waals surface area contributed by atoms with Gasteiger partial charge in [0.05, 0.1) is 18.4 Å². The quantitative estimate of drug-likeness (QED) is 0.822. The number of amides is 2. The lowest BCUT2D eigenvalue weighted by atomic mass is 10.3. The van der Waals surface area contributed by atoms with Crippen LogP contribution in [0.2, 0.25) is 0 Å². The summed E-state index contributed by atoms with van der Waals surface area (Å²) in [5, 5.41) is 6.05. The van der Waals surface area contributed by atoms with Crippen molar-refractivity contribution in [2.45, 2.75) is 12.8 Å². The van der Waals surface area contributed by atoms with Gasteiger partial charge in [-0.05, 0) is 18.6 Å². The zero-order valence-corrected chi connectivity index (χ0v) is 12.5. The van der Waals surface area contributed by atoms with Crippen LogP contribution in [-0.4, -0.2) is 61.0 Å². The lowest BCUT2D eigenvalue weighted by molar-refractivity contribution is -0.131. The Morgan fingerprint density at radius 1 is 1.27 bits per heavy atom. The van der Waals surface area contributed by atoms with E-state index in [2.05, 4.69) is 20.5 Å².